The molecule has 0 radical (unpaired) electrons. The Balaban J connectivity index is 2.77. The molecule has 96 valence electrons. The topological polar surface area (TPSA) is 32.3 Å². The third kappa shape index (κ3) is 4.14. The van der Waals surface area contributed by atoms with Crippen molar-refractivity contribution in [2.75, 3.05) is 13.1 Å². The summed E-state index contributed by atoms with van der Waals surface area (Å²) in [5.41, 5.74) is 2.56. The van der Waals surface area contributed by atoms with Gasteiger partial charge in [0.25, 0.3) is 0 Å². The maximum absolute atomic E-state index is 10.5. The quantitative estimate of drug-likeness (QED) is 0.822. The van der Waals surface area contributed by atoms with Crippen LogP contribution in [0.2, 0.25) is 0 Å². The van der Waals surface area contributed by atoms with Crippen molar-refractivity contribution in [1.29, 1.82) is 0 Å². The summed E-state index contributed by atoms with van der Waals surface area (Å²) in [6.07, 6.45) is 0. The lowest BCUT2D eigenvalue weighted by molar-refractivity contribution is 0.0557. The van der Waals surface area contributed by atoms with Gasteiger partial charge in [-0.25, -0.2) is 0 Å². The lowest BCUT2D eigenvalue weighted by Gasteiger charge is -2.27. The maximum atomic E-state index is 10.5. The van der Waals surface area contributed by atoms with Crippen LogP contribution in [0.25, 0.3) is 0 Å². The van der Waals surface area contributed by atoms with Crippen LogP contribution in [0.4, 0.5) is 0 Å². The minimum Gasteiger partial charge on any atom is -0.384 e. The van der Waals surface area contributed by atoms with E-state index < -0.39 is 5.60 Å². The van der Waals surface area contributed by atoms with Crippen LogP contribution >= 0.6 is 0 Å². The van der Waals surface area contributed by atoms with E-state index in [0.29, 0.717) is 12.5 Å². The average molecular weight is 235 g/mol. The third-order valence-electron chi connectivity index (χ3n) is 3.00. The molecule has 1 unspecified atom stereocenters. The van der Waals surface area contributed by atoms with Gasteiger partial charge in [0.15, 0.2) is 0 Å². The first-order chi connectivity index (χ1) is 7.83. The Morgan fingerprint density at radius 1 is 1.29 bits per heavy atom. The number of aryl methyl sites for hydroxylation is 2. The summed E-state index contributed by atoms with van der Waals surface area (Å²) >= 11 is 0. The van der Waals surface area contributed by atoms with Crippen LogP contribution in [0.1, 0.15) is 37.5 Å². The minimum atomic E-state index is -0.801. The molecule has 1 aromatic rings. The van der Waals surface area contributed by atoms with Gasteiger partial charge in [0, 0.05) is 6.54 Å². The molecule has 0 saturated carbocycles. The average Bonchev–Trinajstić information content (AvgIpc) is 2.20. The molecule has 2 nitrogen and oxygen atoms in total. The van der Waals surface area contributed by atoms with E-state index in [2.05, 4.69) is 44.3 Å². The van der Waals surface area contributed by atoms with Crippen molar-refractivity contribution in [3.05, 3.63) is 34.9 Å². The Morgan fingerprint density at radius 2 is 1.94 bits per heavy atom. The summed E-state index contributed by atoms with van der Waals surface area (Å²) in [5.74, 6) is 0.601. The zero-order valence-corrected chi connectivity index (χ0v) is 11.7. The standard InChI is InChI=1S/C15H25NO/c1-11(2)9-16-10-15(5,17)14-8-12(3)6-7-13(14)4/h6-8,11,16-17H,9-10H2,1-5H3. The summed E-state index contributed by atoms with van der Waals surface area (Å²) < 4.78 is 0. The molecule has 17 heavy (non-hydrogen) atoms. The van der Waals surface area contributed by atoms with Crippen LogP contribution in [0, 0.1) is 19.8 Å². The first kappa shape index (κ1) is 14.2. The molecule has 0 fully saturated rings. The number of nitrogens with one attached hydrogen (secondary N) is 1. The van der Waals surface area contributed by atoms with Crippen LogP contribution in [0.3, 0.4) is 0 Å². The molecule has 1 atom stereocenters. The van der Waals surface area contributed by atoms with Crippen LogP contribution in [-0.2, 0) is 5.60 Å². The van der Waals surface area contributed by atoms with Crippen LogP contribution in [0.5, 0.6) is 0 Å². The molecule has 0 aliphatic rings. The van der Waals surface area contributed by atoms with Gasteiger partial charge < -0.3 is 10.4 Å². The maximum Gasteiger partial charge on any atom is 0.0994 e. The van der Waals surface area contributed by atoms with Crippen molar-refractivity contribution < 1.29 is 5.11 Å². The molecular formula is C15H25NO. The van der Waals surface area contributed by atoms with Crippen molar-refractivity contribution in [3.63, 3.8) is 0 Å². The van der Waals surface area contributed by atoms with Gasteiger partial charge >= 0.3 is 0 Å². The molecule has 1 aromatic carbocycles. The molecule has 0 aromatic heterocycles. The Morgan fingerprint density at radius 3 is 2.53 bits per heavy atom. The number of aliphatic hydroxyl groups is 1. The molecule has 0 heterocycles. The highest BCUT2D eigenvalue weighted by atomic mass is 16.3. The summed E-state index contributed by atoms with van der Waals surface area (Å²) in [6, 6.07) is 6.23. The van der Waals surface area contributed by atoms with Crippen molar-refractivity contribution in [2.45, 2.75) is 40.2 Å². The van der Waals surface area contributed by atoms with Gasteiger partial charge in [-0.05, 0) is 44.4 Å². The normalized spacial score (nSPS) is 15.0. The van der Waals surface area contributed by atoms with Crippen molar-refractivity contribution in [2.24, 2.45) is 5.92 Å². The predicted octanol–water partition coefficient (Wildman–Crippen LogP) is 2.76. The first-order valence-corrected chi connectivity index (χ1v) is 6.34. The van der Waals surface area contributed by atoms with Gasteiger partial charge in [-0.1, -0.05) is 37.6 Å². The lowest BCUT2D eigenvalue weighted by atomic mass is 9.90. The Labute approximate surface area is 105 Å². The van der Waals surface area contributed by atoms with E-state index in [9.17, 15) is 5.11 Å². The first-order valence-electron chi connectivity index (χ1n) is 6.34. The minimum absolute atomic E-state index is 0.593. The van der Waals surface area contributed by atoms with Crippen molar-refractivity contribution in [3.8, 4) is 0 Å². The van der Waals surface area contributed by atoms with E-state index >= 15 is 0 Å². The Hall–Kier alpha value is -0.860. The highest BCUT2D eigenvalue weighted by Gasteiger charge is 2.24. The fourth-order valence-corrected chi connectivity index (χ4v) is 2.02. The summed E-state index contributed by atoms with van der Waals surface area (Å²) in [7, 11) is 0. The molecule has 0 amide bonds. The molecule has 0 bridgehead atoms. The van der Waals surface area contributed by atoms with E-state index in [0.717, 1.165) is 17.7 Å². The van der Waals surface area contributed by atoms with Crippen molar-refractivity contribution >= 4 is 0 Å². The SMILES string of the molecule is Cc1ccc(C)c(C(C)(O)CNCC(C)C)c1. The van der Waals surface area contributed by atoms with E-state index in [1.165, 1.54) is 5.56 Å². The number of rotatable bonds is 5. The highest BCUT2D eigenvalue weighted by Crippen LogP contribution is 2.24. The zero-order valence-electron chi connectivity index (χ0n) is 11.7. The highest BCUT2D eigenvalue weighted by molar-refractivity contribution is 5.34. The van der Waals surface area contributed by atoms with Gasteiger partial charge in [0.2, 0.25) is 0 Å². The number of benzene rings is 1. The molecule has 0 aliphatic heterocycles. The molecular weight excluding hydrogens is 210 g/mol. The van der Waals surface area contributed by atoms with Gasteiger partial charge in [-0.3, -0.25) is 0 Å². The second-order valence-electron chi connectivity index (χ2n) is 5.62. The summed E-state index contributed by atoms with van der Waals surface area (Å²) in [6.45, 7) is 11.8. The monoisotopic (exact) mass is 235 g/mol. The molecule has 2 N–H and O–H groups in total. The predicted molar refractivity (Wildman–Crippen MR) is 73.2 cm³/mol. The van der Waals surface area contributed by atoms with Gasteiger partial charge in [-0.2, -0.15) is 0 Å². The Kier molecular flexibility index (Phi) is 4.72. The smallest absolute Gasteiger partial charge is 0.0994 e. The fraction of sp³-hybridized carbons (Fsp3) is 0.600. The fourth-order valence-electron chi connectivity index (χ4n) is 2.02. The summed E-state index contributed by atoms with van der Waals surface area (Å²) in [5, 5.41) is 13.9. The second-order valence-corrected chi connectivity index (χ2v) is 5.62. The zero-order chi connectivity index (χ0) is 13.1. The van der Waals surface area contributed by atoms with Gasteiger partial charge in [0.05, 0.1) is 5.60 Å². The molecule has 0 spiro atoms. The van der Waals surface area contributed by atoms with E-state index in [-0.39, 0.29) is 0 Å². The molecule has 1 rings (SSSR count). The summed E-state index contributed by atoms with van der Waals surface area (Å²) in [4.78, 5) is 0. The largest absolute Gasteiger partial charge is 0.384 e. The number of hydrogen-bond acceptors (Lipinski definition) is 2. The molecule has 0 aliphatic carbocycles. The van der Waals surface area contributed by atoms with Gasteiger partial charge in [0.1, 0.15) is 0 Å². The van der Waals surface area contributed by atoms with E-state index in [1.54, 1.807) is 0 Å². The van der Waals surface area contributed by atoms with E-state index in [1.807, 2.05) is 13.8 Å². The lowest BCUT2D eigenvalue weighted by Crippen LogP contribution is -2.37. The second kappa shape index (κ2) is 5.65. The number of hydrogen-bond donors (Lipinski definition) is 2. The molecule has 2 heteroatoms. The molecule has 0 saturated heterocycles. The Bertz CT molecular complexity index is 369. The van der Waals surface area contributed by atoms with Gasteiger partial charge in [-0.15, -0.1) is 0 Å². The van der Waals surface area contributed by atoms with Crippen molar-refractivity contribution in [1.82, 2.24) is 5.32 Å². The van der Waals surface area contributed by atoms with E-state index in [4.69, 9.17) is 0 Å². The van der Waals surface area contributed by atoms with Crippen LogP contribution in [-0.4, -0.2) is 18.2 Å². The van der Waals surface area contributed by atoms with Crippen LogP contribution < -0.4 is 5.32 Å². The third-order valence-corrected chi connectivity index (χ3v) is 3.00. The van der Waals surface area contributed by atoms with Crippen LogP contribution in [0.15, 0.2) is 18.2 Å².